The van der Waals surface area contributed by atoms with Crippen LogP contribution in [0.25, 0.3) is 11.1 Å². The molecule has 0 radical (unpaired) electrons. The van der Waals surface area contributed by atoms with Crippen molar-refractivity contribution in [1.82, 2.24) is 19.9 Å². The molecule has 3 rings (SSSR count). The molecule has 0 spiro atoms. The number of aromatic amines is 1. The molecule has 0 bridgehead atoms. The summed E-state index contributed by atoms with van der Waals surface area (Å²) in [4.78, 5) is 4.20. The standard InChI is InChI=1S/C17H18N4O2S.ClH/c1-2-17(14-7-9-18-10-8-14)21-24(22,23)16-5-3-13(4-6-16)15-11-19-20-12-15;/h3-12,17,21H,2H2,1H3,(H,19,20);1H. The lowest BCUT2D eigenvalue weighted by Crippen LogP contribution is -2.28. The van der Waals surface area contributed by atoms with Gasteiger partial charge in [-0.3, -0.25) is 10.1 Å². The van der Waals surface area contributed by atoms with Gasteiger partial charge in [-0.1, -0.05) is 19.1 Å². The highest BCUT2D eigenvalue weighted by Crippen LogP contribution is 2.22. The van der Waals surface area contributed by atoms with Gasteiger partial charge in [0.15, 0.2) is 0 Å². The molecule has 0 saturated carbocycles. The smallest absolute Gasteiger partial charge is 0.241 e. The number of benzene rings is 1. The van der Waals surface area contributed by atoms with Crippen LogP contribution in [0.15, 0.2) is 66.1 Å². The third kappa shape index (κ3) is 4.45. The van der Waals surface area contributed by atoms with Gasteiger partial charge in [0.05, 0.1) is 11.1 Å². The Morgan fingerprint density at radius 3 is 2.32 bits per heavy atom. The number of nitrogens with one attached hydrogen (secondary N) is 2. The summed E-state index contributed by atoms with van der Waals surface area (Å²) in [5, 5.41) is 6.63. The van der Waals surface area contributed by atoms with Crippen LogP contribution in [0.2, 0.25) is 0 Å². The molecule has 0 aliphatic heterocycles. The predicted octanol–water partition coefficient (Wildman–Crippen LogP) is 3.32. The zero-order valence-corrected chi connectivity index (χ0v) is 15.2. The first-order chi connectivity index (χ1) is 11.6. The molecule has 3 aromatic rings. The molecule has 2 heterocycles. The Morgan fingerprint density at radius 1 is 1.08 bits per heavy atom. The van der Waals surface area contributed by atoms with Crippen molar-refractivity contribution in [2.24, 2.45) is 0 Å². The highest BCUT2D eigenvalue weighted by atomic mass is 35.5. The van der Waals surface area contributed by atoms with E-state index in [0.29, 0.717) is 6.42 Å². The van der Waals surface area contributed by atoms with Gasteiger partial charge in [0.25, 0.3) is 0 Å². The molecule has 2 N–H and O–H groups in total. The van der Waals surface area contributed by atoms with Gasteiger partial charge >= 0.3 is 0 Å². The summed E-state index contributed by atoms with van der Waals surface area (Å²) in [6.07, 6.45) is 7.42. The van der Waals surface area contributed by atoms with Crippen molar-refractivity contribution in [3.63, 3.8) is 0 Å². The van der Waals surface area contributed by atoms with E-state index in [9.17, 15) is 8.42 Å². The zero-order chi connectivity index (χ0) is 17.0. The molecule has 0 amide bonds. The molecule has 8 heteroatoms. The maximum absolute atomic E-state index is 12.6. The van der Waals surface area contributed by atoms with Gasteiger partial charge in [-0.25, -0.2) is 13.1 Å². The topological polar surface area (TPSA) is 87.7 Å². The van der Waals surface area contributed by atoms with E-state index in [2.05, 4.69) is 19.9 Å². The second-order valence-electron chi connectivity index (χ2n) is 5.37. The van der Waals surface area contributed by atoms with Crippen molar-refractivity contribution in [3.8, 4) is 11.1 Å². The van der Waals surface area contributed by atoms with Gasteiger partial charge in [0.1, 0.15) is 0 Å². The summed E-state index contributed by atoms with van der Waals surface area (Å²) in [5.74, 6) is 0. The van der Waals surface area contributed by atoms with Crippen LogP contribution in [-0.4, -0.2) is 23.6 Å². The quantitative estimate of drug-likeness (QED) is 0.688. The van der Waals surface area contributed by atoms with Gasteiger partial charge in [0.2, 0.25) is 10.0 Å². The largest absolute Gasteiger partial charge is 0.285 e. The Balaban J connectivity index is 0.00000225. The van der Waals surface area contributed by atoms with E-state index < -0.39 is 10.0 Å². The summed E-state index contributed by atoms with van der Waals surface area (Å²) in [5.41, 5.74) is 2.71. The lowest BCUT2D eigenvalue weighted by molar-refractivity contribution is 0.550. The Labute approximate surface area is 153 Å². The van der Waals surface area contributed by atoms with Crippen LogP contribution in [0.5, 0.6) is 0 Å². The Morgan fingerprint density at radius 2 is 1.76 bits per heavy atom. The normalized spacial score (nSPS) is 12.4. The second kappa shape index (κ2) is 8.24. The second-order valence-corrected chi connectivity index (χ2v) is 7.09. The first-order valence-corrected chi connectivity index (χ1v) is 9.10. The van der Waals surface area contributed by atoms with E-state index in [0.717, 1.165) is 16.7 Å². The fraction of sp³-hybridized carbons (Fsp3) is 0.176. The molecule has 0 fully saturated rings. The Hall–Kier alpha value is -2.22. The lowest BCUT2D eigenvalue weighted by Gasteiger charge is -2.17. The van der Waals surface area contributed by atoms with E-state index in [-0.39, 0.29) is 23.3 Å². The first kappa shape index (κ1) is 19.1. The number of halogens is 1. The molecule has 0 aliphatic rings. The van der Waals surface area contributed by atoms with Gasteiger partial charge in [-0.2, -0.15) is 5.10 Å². The minimum atomic E-state index is -3.60. The molecule has 25 heavy (non-hydrogen) atoms. The van der Waals surface area contributed by atoms with Crippen molar-refractivity contribution in [1.29, 1.82) is 0 Å². The first-order valence-electron chi connectivity index (χ1n) is 7.61. The molecule has 1 unspecified atom stereocenters. The number of H-pyrrole nitrogens is 1. The molecule has 6 nitrogen and oxygen atoms in total. The molecule has 2 aromatic heterocycles. The summed E-state index contributed by atoms with van der Waals surface area (Å²) < 4.78 is 28.0. The summed E-state index contributed by atoms with van der Waals surface area (Å²) in [6.45, 7) is 1.94. The van der Waals surface area contributed by atoms with Crippen LogP contribution in [0.4, 0.5) is 0 Å². The van der Waals surface area contributed by atoms with E-state index >= 15 is 0 Å². The number of pyridine rings is 1. The average molecular weight is 379 g/mol. The number of hydrogen-bond acceptors (Lipinski definition) is 4. The fourth-order valence-electron chi connectivity index (χ4n) is 2.47. The maximum atomic E-state index is 12.6. The van der Waals surface area contributed by atoms with Crippen molar-refractivity contribution < 1.29 is 8.42 Å². The number of hydrogen-bond donors (Lipinski definition) is 2. The summed E-state index contributed by atoms with van der Waals surface area (Å²) in [6, 6.07) is 10.1. The molecular weight excluding hydrogens is 360 g/mol. The van der Waals surface area contributed by atoms with Gasteiger partial charge in [-0.05, 0) is 41.8 Å². The average Bonchev–Trinajstić information content (AvgIpc) is 3.15. The van der Waals surface area contributed by atoms with Crippen molar-refractivity contribution in [2.75, 3.05) is 0 Å². The van der Waals surface area contributed by atoms with Crippen LogP contribution >= 0.6 is 12.4 Å². The maximum Gasteiger partial charge on any atom is 0.241 e. The predicted molar refractivity (Wildman–Crippen MR) is 98.9 cm³/mol. The van der Waals surface area contributed by atoms with E-state index in [1.54, 1.807) is 49.1 Å². The Bertz CT molecular complexity index is 882. The molecular formula is C17H19ClN4O2S. The number of rotatable bonds is 6. The van der Waals surface area contributed by atoms with Crippen molar-refractivity contribution >= 4 is 22.4 Å². The minimum absolute atomic E-state index is 0. The van der Waals surface area contributed by atoms with Crippen LogP contribution < -0.4 is 4.72 Å². The van der Waals surface area contributed by atoms with Gasteiger partial charge in [-0.15, -0.1) is 12.4 Å². The number of aromatic nitrogens is 3. The number of nitrogens with zero attached hydrogens (tertiary/aromatic N) is 2. The molecule has 1 atom stereocenters. The van der Waals surface area contributed by atoms with E-state index in [1.165, 1.54) is 0 Å². The monoisotopic (exact) mass is 378 g/mol. The highest BCUT2D eigenvalue weighted by Gasteiger charge is 2.20. The third-order valence-electron chi connectivity index (χ3n) is 3.81. The minimum Gasteiger partial charge on any atom is -0.285 e. The van der Waals surface area contributed by atoms with Gasteiger partial charge in [0, 0.05) is 30.2 Å². The summed E-state index contributed by atoms with van der Waals surface area (Å²) >= 11 is 0. The van der Waals surface area contributed by atoms with Crippen molar-refractivity contribution in [3.05, 3.63) is 66.7 Å². The van der Waals surface area contributed by atoms with Crippen LogP contribution in [-0.2, 0) is 10.0 Å². The fourth-order valence-corrected chi connectivity index (χ4v) is 3.78. The highest BCUT2D eigenvalue weighted by molar-refractivity contribution is 7.89. The van der Waals surface area contributed by atoms with E-state index in [1.807, 2.05) is 19.1 Å². The van der Waals surface area contributed by atoms with Gasteiger partial charge < -0.3 is 0 Å². The lowest BCUT2D eigenvalue weighted by atomic mass is 10.1. The molecule has 0 saturated heterocycles. The SMILES string of the molecule is CCC(NS(=O)(=O)c1ccc(-c2cn[nH]c2)cc1)c1ccncc1.Cl. The molecule has 1 aromatic carbocycles. The van der Waals surface area contributed by atoms with E-state index in [4.69, 9.17) is 0 Å². The van der Waals surface area contributed by atoms with Crippen LogP contribution in [0.3, 0.4) is 0 Å². The van der Waals surface area contributed by atoms with Crippen LogP contribution in [0, 0.1) is 0 Å². The third-order valence-corrected chi connectivity index (χ3v) is 5.30. The number of sulfonamides is 1. The zero-order valence-electron chi connectivity index (χ0n) is 13.6. The summed E-state index contributed by atoms with van der Waals surface area (Å²) in [7, 11) is -3.60. The Kier molecular flexibility index (Phi) is 6.30. The van der Waals surface area contributed by atoms with Crippen molar-refractivity contribution in [2.45, 2.75) is 24.3 Å². The van der Waals surface area contributed by atoms with Crippen LogP contribution in [0.1, 0.15) is 24.9 Å². The molecule has 0 aliphatic carbocycles. The molecule has 132 valence electrons.